The molecular weight excluding hydrogens is 550 g/mol. The van der Waals surface area contributed by atoms with Crippen LogP contribution in [0.5, 0.6) is 0 Å². The van der Waals surface area contributed by atoms with Crippen LogP contribution in [-0.4, -0.2) is 48.6 Å². The molecule has 0 amide bonds. The van der Waals surface area contributed by atoms with Crippen molar-refractivity contribution >= 4 is 40.2 Å². The molecule has 5 aromatic rings. The summed E-state index contributed by atoms with van der Waals surface area (Å²) >= 11 is 12.8. The first-order valence-corrected chi connectivity index (χ1v) is 13.1. The van der Waals surface area contributed by atoms with E-state index in [-0.39, 0.29) is 31.9 Å². The molecule has 1 aliphatic heterocycles. The van der Waals surface area contributed by atoms with E-state index in [9.17, 15) is 13.2 Å². The van der Waals surface area contributed by atoms with E-state index in [0.29, 0.717) is 38.4 Å². The van der Waals surface area contributed by atoms with Gasteiger partial charge in [0.2, 0.25) is 0 Å². The van der Waals surface area contributed by atoms with Crippen LogP contribution in [0.2, 0.25) is 10.0 Å². The number of halogens is 5. The maximum Gasteiger partial charge on any atom is 0.391 e. The fraction of sp³-hybridized carbons (Fsp3) is 0.259. The highest BCUT2D eigenvalue weighted by Crippen LogP contribution is 2.39. The first kappa shape index (κ1) is 25.6. The van der Waals surface area contributed by atoms with Gasteiger partial charge in [0.15, 0.2) is 17.0 Å². The second-order valence-electron chi connectivity index (χ2n) is 9.45. The summed E-state index contributed by atoms with van der Waals surface area (Å²) in [7, 11) is 0. The number of alkyl halides is 3. The molecule has 1 saturated heterocycles. The molecule has 7 nitrogen and oxygen atoms in total. The van der Waals surface area contributed by atoms with E-state index in [1.807, 2.05) is 52.8 Å². The van der Waals surface area contributed by atoms with Gasteiger partial charge in [-0.25, -0.2) is 9.67 Å². The summed E-state index contributed by atoms with van der Waals surface area (Å²) in [6, 6.07) is 16.4. The van der Waals surface area contributed by atoms with Crippen molar-refractivity contribution in [2.75, 3.05) is 18.0 Å². The van der Waals surface area contributed by atoms with E-state index in [1.165, 1.54) is 0 Å². The van der Waals surface area contributed by atoms with Gasteiger partial charge in [0.25, 0.3) is 5.95 Å². The molecule has 12 heteroatoms. The average molecular weight is 572 g/mol. The molecule has 0 aliphatic carbocycles. The maximum atomic E-state index is 13.4. The number of benzene rings is 2. The van der Waals surface area contributed by atoms with Crippen LogP contribution in [0.4, 0.5) is 19.0 Å². The van der Waals surface area contributed by atoms with Crippen LogP contribution in [-0.2, 0) is 0 Å². The molecule has 4 heterocycles. The van der Waals surface area contributed by atoms with Crippen molar-refractivity contribution in [1.29, 1.82) is 0 Å². The Morgan fingerprint density at radius 1 is 0.897 bits per heavy atom. The minimum atomic E-state index is -4.22. The zero-order valence-corrected chi connectivity index (χ0v) is 22.2. The molecule has 0 bridgehead atoms. The Hall–Kier alpha value is -3.63. The van der Waals surface area contributed by atoms with Gasteiger partial charge in [-0.05, 0) is 62.2 Å². The number of hydrogen-bond donors (Lipinski definition) is 0. The van der Waals surface area contributed by atoms with Gasteiger partial charge in [-0.2, -0.15) is 28.2 Å². The van der Waals surface area contributed by atoms with Crippen LogP contribution in [0.3, 0.4) is 0 Å². The molecule has 3 aromatic heterocycles. The lowest BCUT2D eigenvalue weighted by Crippen LogP contribution is -2.39. The van der Waals surface area contributed by atoms with Gasteiger partial charge < -0.3 is 4.90 Å². The molecule has 0 atom stereocenters. The number of nitrogens with zero attached hydrogens (tertiary/aromatic N) is 7. The van der Waals surface area contributed by atoms with Crippen molar-refractivity contribution in [2.24, 2.45) is 5.92 Å². The third kappa shape index (κ3) is 4.83. The second-order valence-corrected chi connectivity index (χ2v) is 10.3. The molecule has 39 heavy (non-hydrogen) atoms. The lowest BCUT2D eigenvalue weighted by molar-refractivity contribution is -0.179. The lowest BCUT2D eigenvalue weighted by Gasteiger charge is -2.33. The SMILES string of the molecule is Cc1ccn(-c2nc(N3CCC(C(F)(F)F)CC3)c3nc(-c4ccccc4Cl)n(-c4ccc(Cl)cc4)c3n2)n1. The van der Waals surface area contributed by atoms with Gasteiger partial charge in [-0.1, -0.05) is 35.3 Å². The van der Waals surface area contributed by atoms with Crippen LogP contribution in [0.1, 0.15) is 18.5 Å². The van der Waals surface area contributed by atoms with Crippen LogP contribution in [0.15, 0.2) is 60.8 Å². The highest BCUT2D eigenvalue weighted by atomic mass is 35.5. The second kappa shape index (κ2) is 9.84. The number of anilines is 1. The first-order chi connectivity index (χ1) is 18.7. The van der Waals surface area contributed by atoms with Crippen molar-refractivity contribution in [3.8, 4) is 23.0 Å². The third-order valence-corrected chi connectivity index (χ3v) is 7.44. The minimum absolute atomic E-state index is 0.0273. The lowest BCUT2D eigenvalue weighted by atomic mass is 9.96. The van der Waals surface area contributed by atoms with Crippen LogP contribution >= 0.6 is 23.2 Å². The highest BCUT2D eigenvalue weighted by molar-refractivity contribution is 6.33. The number of hydrogen-bond acceptors (Lipinski definition) is 5. The first-order valence-electron chi connectivity index (χ1n) is 12.3. The van der Waals surface area contributed by atoms with Gasteiger partial charge in [0.1, 0.15) is 5.82 Å². The van der Waals surface area contributed by atoms with E-state index in [0.717, 1.165) is 11.4 Å². The van der Waals surface area contributed by atoms with Crippen molar-refractivity contribution in [2.45, 2.75) is 25.9 Å². The predicted molar refractivity (Wildman–Crippen MR) is 145 cm³/mol. The molecular formula is C27H22Cl2F3N7. The number of aryl methyl sites for hydroxylation is 1. The Labute approximate surface area is 231 Å². The number of aromatic nitrogens is 6. The zero-order valence-electron chi connectivity index (χ0n) is 20.7. The van der Waals surface area contributed by atoms with Crippen LogP contribution in [0.25, 0.3) is 34.2 Å². The van der Waals surface area contributed by atoms with Gasteiger partial charge in [-0.3, -0.25) is 4.57 Å². The monoisotopic (exact) mass is 571 g/mol. The van der Waals surface area contributed by atoms with Crippen molar-refractivity contribution in [1.82, 2.24) is 29.3 Å². The summed E-state index contributed by atoms with van der Waals surface area (Å²) < 4.78 is 43.7. The Kier molecular flexibility index (Phi) is 6.47. The van der Waals surface area contributed by atoms with Crippen molar-refractivity contribution in [3.63, 3.8) is 0 Å². The topological polar surface area (TPSA) is 64.7 Å². The van der Waals surface area contributed by atoms with Crippen molar-refractivity contribution < 1.29 is 13.2 Å². The van der Waals surface area contributed by atoms with Crippen LogP contribution in [0, 0.1) is 12.8 Å². The summed E-state index contributed by atoms with van der Waals surface area (Å²) in [6.07, 6.45) is -2.53. The van der Waals surface area contributed by atoms with E-state index in [4.69, 9.17) is 38.2 Å². The Morgan fingerprint density at radius 2 is 1.62 bits per heavy atom. The standard InChI is InChI=1S/C27H22Cl2F3N7/c1-16-10-15-38(36-16)26-34-24(37-13-11-17(12-14-37)27(30,31)32)22-25(35-26)39(19-8-6-18(28)7-9-19)23(33-22)20-4-2-3-5-21(20)29/h2-10,15,17H,11-14H2,1H3. The van der Waals surface area contributed by atoms with E-state index in [1.54, 1.807) is 29.1 Å². The summed E-state index contributed by atoms with van der Waals surface area (Å²) in [4.78, 5) is 16.4. The predicted octanol–water partition coefficient (Wildman–Crippen LogP) is 7.06. The molecule has 0 unspecified atom stereocenters. The minimum Gasteiger partial charge on any atom is -0.355 e. The molecule has 0 radical (unpaired) electrons. The Morgan fingerprint density at radius 3 is 2.26 bits per heavy atom. The van der Waals surface area contributed by atoms with Gasteiger partial charge in [0, 0.05) is 35.6 Å². The molecule has 1 fully saturated rings. The molecule has 2 aromatic carbocycles. The van der Waals surface area contributed by atoms with E-state index in [2.05, 4.69) is 5.10 Å². The largest absolute Gasteiger partial charge is 0.391 e. The summed E-state index contributed by atoms with van der Waals surface area (Å²) in [5.41, 5.74) is 3.11. The fourth-order valence-corrected chi connectivity index (χ4v) is 5.20. The smallest absolute Gasteiger partial charge is 0.355 e. The molecule has 0 N–H and O–H groups in total. The van der Waals surface area contributed by atoms with Gasteiger partial charge in [-0.15, -0.1) is 0 Å². The number of fused-ring (bicyclic) bond motifs is 1. The number of rotatable bonds is 4. The summed E-state index contributed by atoms with van der Waals surface area (Å²) in [5.74, 6) is -0.0915. The molecule has 0 saturated carbocycles. The fourth-order valence-electron chi connectivity index (χ4n) is 4.86. The number of imidazole rings is 1. The highest BCUT2D eigenvalue weighted by Gasteiger charge is 2.41. The molecule has 0 spiro atoms. The average Bonchev–Trinajstić information content (AvgIpc) is 3.52. The van der Waals surface area contributed by atoms with Gasteiger partial charge in [0.05, 0.1) is 16.6 Å². The summed E-state index contributed by atoms with van der Waals surface area (Å²) in [5, 5.41) is 5.53. The molecule has 200 valence electrons. The quantitative estimate of drug-likeness (QED) is 0.231. The molecule has 1 aliphatic rings. The Balaban J connectivity index is 1.60. The van der Waals surface area contributed by atoms with Crippen LogP contribution < -0.4 is 4.90 Å². The van der Waals surface area contributed by atoms with Crippen molar-refractivity contribution in [3.05, 3.63) is 76.5 Å². The summed E-state index contributed by atoms with van der Waals surface area (Å²) in [6.45, 7) is 2.22. The van der Waals surface area contributed by atoms with E-state index >= 15 is 0 Å². The normalized spacial score (nSPS) is 14.9. The zero-order chi connectivity index (χ0) is 27.3. The molecule has 6 rings (SSSR count). The Bertz CT molecular complexity index is 1650. The maximum absolute atomic E-state index is 13.4. The van der Waals surface area contributed by atoms with E-state index < -0.39 is 12.1 Å². The van der Waals surface area contributed by atoms with Gasteiger partial charge >= 0.3 is 6.18 Å². The third-order valence-electron chi connectivity index (χ3n) is 6.86. The number of piperidine rings is 1.